The minimum absolute atomic E-state index is 0.699. The van der Waals surface area contributed by atoms with Gasteiger partial charge in [0.05, 0.1) is 22.4 Å². The molecule has 0 saturated heterocycles. The highest BCUT2D eigenvalue weighted by atomic mass is 15.7. The fourth-order valence-electron chi connectivity index (χ4n) is 10.9. The highest BCUT2D eigenvalue weighted by Crippen LogP contribution is 2.52. The minimum atomic E-state index is 0.699. The first-order valence-corrected chi connectivity index (χ1v) is 23.2. The molecule has 318 valence electrons. The van der Waals surface area contributed by atoms with Crippen LogP contribution in [0.1, 0.15) is 36.1 Å². The molecule has 1 aliphatic heterocycles. The summed E-state index contributed by atoms with van der Waals surface area (Å²) in [5.74, 6) is 0. The van der Waals surface area contributed by atoms with Crippen molar-refractivity contribution in [1.82, 2.24) is 4.57 Å². The van der Waals surface area contributed by atoms with E-state index in [1.54, 1.807) is 0 Å². The van der Waals surface area contributed by atoms with E-state index in [4.69, 9.17) is 10.8 Å². The Labute approximate surface area is 389 Å². The van der Waals surface area contributed by atoms with Gasteiger partial charge in [0.1, 0.15) is 5.71 Å². The molecule has 0 atom stereocenters. The van der Waals surface area contributed by atoms with E-state index < -0.39 is 0 Å². The molecule has 0 radical (unpaired) electrons. The number of benzene rings is 10. The van der Waals surface area contributed by atoms with Crippen LogP contribution in [-0.4, -0.2) is 10.3 Å². The van der Waals surface area contributed by atoms with Crippen molar-refractivity contribution < 1.29 is 0 Å². The minimum Gasteiger partial charge on any atom is -0.398 e. The lowest BCUT2D eigenvalue weighted by molar-refractivity contribution is 0.976. The van der Waals surface area contributed by atoms with Crippen molar-refractivity contribution in [2.75, 3.05) is 16.3 Å². The van der Waals surface area contributed by atoms with Crippen LogP contribution >= 0.6 is 0 Å². The highest BCUT2D eigenvalue weighted by molar-refractivity contribution is 6.29. The maximum absolute atomic E-state index is 7.19. The maximum atomic E-state index is 7.19. The quantitative estimate of drug-likeness (QED) is 0.157. The van der Waals surface area contributed by atoms with E-state index in [1.807, 2.05) is 5.12 Å². The van der Waals surface area contributed by atoms with Crippen LogP contribution in [-0.2, 0) is 6.42 Å². The fourth-order valence-corrected chi connectivity index (χ4v) is 10.9. The van der Waals surface area contributed by atoms with Crippen LogP contribution in [0.3, 0.4) is 0 Å². The molecule has 0 spiro atoms. The standard InChI is InChI=1S/C62H45N5/c1-3-16-44-38(4-2)29-34-56(67-64-61(40-18-7-5-8-19-40)50-31-27-39-17-11-12-22-45(39)62(50)65-67)59(44)52-35-41(28-32-54(52)63)42-30-33-55-53(36-42)60-49-26-15-25-48-46-23-13-14-24-47(46)51(58(48)49)37-57(60)66(55)43-20-9-6-10-21-43/h3,5-37,65H,4,63H2,1-2H3/b16-3-. The number of aryl methyl sites for hydroxylation is 1. The molecule has 0 saturated carbocycles. The lowest BCUT2D eigenvalue weighted by atomic mass is 9.89. The molecule has 1 aliphatic carbocycles. The number of para-hydroxylation sites is 1. The first kappa shape index (κ1) is 38.8. The summed E-state index contributed by atoms with van der Waals surface area (Å²) < 4.78 is 2.44. The largest absolute Gasteiger partial charge is 0.398 e. The van der Waals surface area contributed by atoms with Gasteiger partial charge in [0.15, 0.2) is 0 Å². The normalized spacial score (nSPS) is 12.9. The van der Waals surface area contributed by atoms with E-state index in [9.17, 15) is 0 Å². The van der Waals surface area contributed by atoms with Gasteiger partial charge in [-0.05, 0) is 129 Å². The second kappa shape index (κ2) is 15.2. The molecule has 1 aromatic heterocycles. The molecule has 13 rings (SSSR count). The van der Waals surface area contributed by atoms with Gasteiger partial charge in [0.2, 0.25) is 0 Å². The molecule has 2 aliphatic rings. The third kappa shape index (κ3) is 5.91. The summed E-state index contributed by atoms with van der Waals surface area (Å²) in [4.78, 5) is 0. The zero-order valence-electron chi connectivity index (χ0n) is 37.3. The maximum Gasteiger partial charge on any atom is 0.102 e. The van der Waals surface area contributed by atoms with Gasteiger partial charge in [0.25, 0.3) is 0 Å². The number of aromatic nitrogens is 1. The van der Waals surface area contributed by atoms with E-state index >= 15 is 0 Å². The Hall–Kier alpha value is -8.67. The summed E-state index contributed by atoms with van der Waals surface area (Å²) >= 11 is 0. The molecule has 67 heavy (non-hydrogen) atoms. The van der Waals surface area contributed by atoms with Crippen LogP contribution in [0.2, 0.25) is 0 Å². The predicted molar refractivity (Wildman–Crippen MR) is 284 cm³/mol. The number of allylic oxidation sites excluding steroid dienone is 1. The van der Waals surface area contributed by atoms with Crippen LogP contribution in [0.4, 0.5) is 17.1 Å². The smallest absolute Gasteiger partial charge is 0.102 e. The van der Waals surface area contributed by atoms with Crippen LogP contribution in [0, 0.1) is 0 Å². The zero-order valence-corrected chi connectivity index (χ0v) is 37.3. The lowest BCUT2D eigenvalue weighted by Crippen LogP contribution is -2.32. The number of anilines is 3. The Morgan fingerprint density at radius 3 is 2.07 bits per heavy atom. The van der Waals surface area contributed by atoms with Crippen molar-refractivity contribution in [2.24, 2.45) is 5.10 Å². The van der Waals surface area contributed by atoms with Gasteiger partial charge < -0.3 is 10.3 Å². The monoisotopic (exact) mass is 859 g/mol. The van der Waals surface area contributed by atoms with E-state index in [2.05, 4.69) is 230 Å². The van der Waals surface area contributed by atoms with Crippen molar-refractivity contribution in [2.45, 2.75) is 20.3 Å². The second-order valence-electron chi connectivity index (χ2n) is 17.6. The zero-order chi connectivity index (χ0) is 44.8. The molecular weight excluding hydrogens is 815 g/mol. The Morgan fingerprint density at radius 2 is 1.25 bits per heavy atom. The van der Waals surface area contributed by atoms with Gasteiger partial charge >= 0.3 is 0 Å². The molecule has 11 aromatic rings. The topological polar surface area (TPSA) is 58.6 Å². The average Bonchev–Trinajstić information content (AvgIpc) is 3.89. The van der Waals surface area contributed by atoms with Crippen molar-refractivity contribution in [3.8, 4) is 50.2 Å². The molecule has 10 aromatic carbocycles. The van der Waals surface area contributed by atoms with Gasteiger partial charge in [0, 0.05) is 49.8 Å². The molecule has 0 bridgehead atoms. The summed E-state index contributed by atoms with van der Waals surface area (Å²) in [6, 6.07) is 70.1. The molecule has 0 unspecified atom stereocenters. The molecule has 2 heterocycles. The number of nitrogens with zero attached hydrogens (tertiary/aromatic N) is 3. The van der Waals surface area contributed by atoms with Gasteiger partial charge in [-0.15, -0.1) is 0 Å². The SMILES string of the molecule is C/C=C\c1c(CC)ccc(N2N=C(c3ccccc3)c3ccc4ccccc4c3N2)c1-c1cc(-c2ccc3c(c2)c2c4cccc5c4c(cc2n3-c2ccccc2)-c2ccccc2-5)ccc1N. The van der Waals surface area contributed by atoms with Crippen molar-refractivity contribution >= 4 is 72.2 Å². The summed E-state index contributed by atoms with van der Waals surface area (Å²) in [6.07, 6.45) is 5.21. The number of hydrogen-bond donors (Lipinski definition) is 2. The fraction of sp³-hybridized carbons (Fsp3) is 0.0484. The Morgan fingerprint density at radius 1 is 0.537 bits per heavy atom. The summed E-state index contributed by atoms with van der Waals surface area (Å²) in [5.41, 5.74) is 31.8. The van der Waals surface area contributed by atoms with E-state index in [0.717, 1.165) is 78.9 Å². The number of hydrazone groups is 1. The summed E-state index contributed by atoms with van der Waals surface area (Å²) in [6.45, 7) is 4.30. The predicted octanol–water partition coefficient (Wildman–Crippen LogP) is 15.8. The Bertz CT molecular complexity index is 3900. The number of rotatable bonds is 7. The second-order valence-corrected chi connectivity index (χ2v) is 17.6. The van der Waals surface area contributed by atoms with Crippen molar-refractivity contribution in [3.05, 3.63) is 222 Å². The Kier molecular flexibility index (Phi) is 8.80. The van der Waals surface area contributed by atoms with Crippen LogP contribution < -0.4 is 16.3 Å². The average molecular weight is 860 g/mol. The number of nitrogens with two attached hydrogens (primary N) is 1. The number of hydrogen-bond acceptors (Lipinski definition) is 4. The van der Waals surface area contributed by atoms with Crippen molar-refractivity contribution in [1.29, 1.82) is 0 Å². The van der Waals surface area contributed by atoms with E-state index in [-0.39, 0.29) is 0 Å². The molecule has 5 nitrogen and oxygen atoms in total. The van der Waals surface area contributed by atoms with Crippen molar-refractivity contribution in [3.63, 3.8) is 0 Å². The first-order valence-electron chi connectivity index (χ1n) is 23.2. The van der Waals surface area contributed by atoms with Gasteiger partial charge in [-0.25, -0.2) is 0 Å². The van der Waals surface area contributed by atoms with Gasteiger partial charge in [-0.2, -0.15) is 10.2 Å². The molecule has 3 N–H and O–H groups in total. The third-order valence-electron chi connectivity index (χ3n) is 14.0. The highest BCUT2D eigenvalue weighted by Gasteiger charge is 2.29. The van der Waals surface area contributed by atoms with Gasteiger partial charge in [-0.1, -0.05) is 159 Å². The van der Waals surface area contributed by atoms with Crippen LogP contribution in [0.25, 0.3) is 99.6 Å². The third-order valence-corrected chi connectivity index (χ3v) is 14.0. The number of hydrazine groups is 1. The number of fused-ring (bicyclic) bond motifs is 10. The summed E-state index contributed by atoms with van der Waals surface area (Å²) in [7, 11) is 0. The number of nitrogens with one attached hydrogen (secondary N) is 1. The first-order chi connectivity index (χ1) is 33.1. The Balaban J connectivity index is 1.03. The van der Waals surface area contributed by atoms with E-state index in [0.29, 0.717) is 5.69 Å². The molecule has 0 amide bonds. The van der Waals surface area contributed by atoms with E-state index in [1.165, 1.54) is 60.4 Å². The van der Waals surface area contributed by atoms with Crippen LogP contribution in [0.5, 0.6) is 0 Å². The molecule has 5 heteroatoms. The molecular formula is C62H45N5. The lowest BCUT2D eigenvalue weighted by Gasteiger charge is -2.32. The molecule has 0 fully saturated rings. The number of nitrogen functional groups attached to an aromatic ring is 1. The van der Waals surface area contributed by atoms with Crippen LogP contribution in [0.15, 0.2) is 205 Å². The summed E-state index contributed by atoms with van der Waals surface area (Å²) in [5, 5.41) is 14.8. The van der Waals surface area contributed by atoms with Gasteiger partial charge in [-0.3, -0.25) is 5.43 Å².